The van der Waals surface area contributed by atoms with Crippen molar-refractivity contribution < 1.29 is 4.79 Å². The number of aryl methyl sites for hydroxylation is 3. The van der Waals surface area contributed by atoms with Crippen molar-refractivity contribution in [1.82, 2.24) is 4.98 Å². The number of nitrogens with one attached hydrogen (secondary N) is 2. The van der Waals surface area contributed by atoms with Crippen LogP contribution < -0.4 is 16.6 Å². The Morgan fingerprint density at radius 2 is 1.90 bits per heavy atom. The van der Waals surface area contributed by atoms with Gasteiger partial charge < -0.3 is 10.7 Å². The minimum absolute atomic E-state index is 0.239. The SMILES string of the molecule is Cc1ccc(NC(=O)c2cnc(C)cc2NN)c(C)c1. The Morgan fingerprint density at radius 1 is 1.15 bits per heavy atom. The monoisotopic (exact) mass is 270 g/mol. The Balaban J connectivity index is 2.28. The van der Waals surface area contributed by atoms with E-state index in [1.165, 1.54) is 6.20 Å². The van der Waals surface area contributed by atoms with E-state index in [2.05, 4.69) is 15.7 Å². The van der Waals surface area contributed by atoms with E-state index in [4.69, 9.17) is 5.84 Å². The molecule has 104 valence electrons. The number of hydrogen-bond donors (Lipinski definition) is 3. The van der Waals surface area contributed by atoms with Crippen LogP contribution in [0.15, 0.2) is 30.5 Å². The van der Waals surface area contributed by atoms with Gasteiger partial charge in [-0.05, 0) is 38.5 Å². The van der Waals surface area contributed by atoms with Crippen molar-refractivity contribution in [3.8, 4) is 0 Å². The van der Waals surface area contributed by atoms with E-state index in [1.807, 2.05) is 39.0 Å². The first-order valence-corrected chi connectivity index (χ1v) is 6.33. The molecule has 0 fully saturated rings. The Kier molecular flexibility index (Phi) is 4.00. The molecule has 0 atom stereocenters. The number of nitrogens with zero attached hydrogens (tertiary/aromatic N) is 1. The Bertz CT molecular complexity index is 652. The van der Waals surface area contributed by atoms with Gasteiger partial charge in [0.25, 0.3) is 5.91 Å². The van der Waals surface area contributed by atoms with Crippen LogP contribution in [-0.2, 0) is 0 Å². The standard InChI is InChI=1S/C15H18N4O/c1-9-4-5-13(10(2)6-9)18-15(20)12-8-17-11(3)7-14(12)19-16/h4-8H,16H2,1-3H3,(H,17,19)(H,18,20). The van der Waals surface area contributed by atoms with Gasteiger partial charge in [0.05, 0.1) is 11.3 Å². The van der Waals surface area contributed by atoms with E-state index in [0.717, 1.165) is 22.5 Å². The number of hydrogen-bond acceptors (Lipinski definition) is 4. The maximum atomic E-state index is 12.3. The lowest BCUT2D eigenvalue weighted by molar-refractivity contribution is 0.102. The number of benzene rings is 1. The highest BCUT2D eigenvalue weighted by molar-refractivity contribution is 6.08. The highest BCUT2D eigenvalue weighted by atomic mass is 16.1. The number of nitrogens with two attached hydrogens (primary N) is 1. The summed E-state index contributed by atoms with van der Waals surface area (Å²) in [5.74, 6) is 5.20. The normalized spacial score (nSPS) is 10.2. The first-order valence-electron chi connectivity index (χ1n) is 6.33. The van der Waals surface area contributed by atoms with Crippen LogP contribution in [0.2, 0.25) is 0 Å². The third-order valence-electron chi connectivity index (χ3n) is 3.07. The van der Waals surface area contributed by atoms with Crippen molar-refractivity contribution in [2.45, 2.75) is 20.8 Å². The van der Waals surface area contributed by atoms with E-state index in [-0.39, 0.29) is 5.91 Å². The van der Waals surface area contributed by atoms with Crippen LogP contribution in [0.5, 0.6) is 0 Å². The van der Waals surface area contributed by atoms with Crippen LogP contribution >= 0.6 is 0 Å². The van der Waals surface area contributed by atoms with Crippen LogP contribution in [-0.4, -0.2) is 10.9 Å². The number of aromatic nitrogens is 1. The number of anilines is 2. The third-order valence-corrected chi connectivity index (χ3v) is 3.07. The Hall–Kier alpha value is -2.40. The smallest absolute Gasteiger partial charge is 0.259 e. The van der Waals surface area contributed by atoms with Crippen molar-refractivity contribution in [2.75, 3.05) is 10.7 Å². The second-order valence-electron chi connectivity index (χ2n) is 4.79. The molecule has 0 bridgehead atoms. The lowest BCUT2D eigenvalue weighted by Crippen LogP contribution is -2.18. The highest BCUT2D eigenvalue weighted by Gasteiger charge is 2.13. The van der Waals surface area contributed by atoms with E-state index in [0.29, 0.717) is 11.3 Å². The van der Waals surface area contributed by atoms with Crippen LogP contribution in [0.1, 0.15) is 27.2 Å². The molecule has 0 spiro atoms. The fourth-order valence-electron chi connectivity index (χ4n) is 2.00. The highest BCUT2D eigenvalue weighted by Crippen LogP contribution is 2.20. The van der Waals surface area contributed by atoms with Gasteiger partial charge in [0.15, 0.2) is 0 Å². The predicted octanol–water partition coefficient (Wildman–Crippen LogP) is 2.54. The zero-order chi connectivity index (χ0) is 14.7. The molecule has 0 saturated carbocycles. The molecule has 5 nitrogen and oxygen atoms in total. The topological polar surface area (TPSA) is 80.0 Å². The van der Waals surface area contributed by atoms with Gasteiger partial charge in [-0.3, -0.25) is 15.6 Å². The molecule has 4 N–H and O–H groups in total. The number of hydrazine groups is 1. The Labute approximate surface area is 118 Å². The number of carbonyl (C=O) groups is 1. The first kappa shape index (κ1) is 14.0. The quantitative estimate of drug-likeness (QED) is 0.591. The molecule has 1 aromatic carbocycles. The van der Waals surface area contributed by atoms with Crippen molar-refractivity contribution in [3.05, 3.63) is 52.8 Å². The summed E-state index contributed by atoms with van der Waals surface area (Å²) in [6.45, 7) is 5.81. The zero-order valence-electron chi connectivity index (χ0n) is 11.8. The summed E-state index contributed by atoms with van der Waals surface area (Å²) in [5.41, 5.74) is 7.24. The van der Waals surface area contributed by atoms with Crippen LogP contribution in [0.4, 0.5) is 11.4 Å². The Morgan fingerprint density at radius 3 is 2.55 bits per heavy atom. The lowest BCUT2D eigenvalue weighted by Gasteiger charge is -2.12. The molecule has 0 radical (unpaired) electrons. The van der Waals surface area contributed by atoms with Gasteiger partial charge in [0, 0.05) is 17.6 Å². The number of nitrogen functional groups attached to an aromatic ring is 1. The van der Waals surface area contributed by atoms with Crippen molar-refractivity contribution in [3.63, 3.8) is 0 Å². The molecular formula is C15H18N4O. The van der Waals surface area contributed by atoms with E-state index in [9.17, 15) is 4.79 Å². The van der Waals surface area contributed by atoms with E-state index < -0.39 is 0 Å². The van der Waals surface area contributed by atoms with Gasteiger partial charge in [-0.2, -0.15) is 0 Å². The summed E-state index contributed by atoms with van der Waals surface area (Å²) < 4.78 is 0. The summed E-state index contributed by atoms with van der Waals surface area (Å²) in [6, 6.07) is 7.60. The molecule has 0 saturated heterocycles. The summed E-state index contributed by atoms with van der Waals surface area (Å²) in [5, 5.41) is 2.87. The largest absolute Gasteiger partial charge is 0.323 e. The third kappa shape index (κ3) is 2.95. The van der Waals surface area contributed by atoms with Gasteiger partial charge >= 0.3 is 0 Å². The van der Waals surface area contributed by atoms with Crippen LogP contribution in [0.25, 0.3) is 0 Å². The molecule has 1 heterocycles. The minimum atomic E-state index is -0.239. The molecule has 2 aromatic rings. The lowest BCUT2D eigenvalue weighted by atomic mass is 10.1. The molecule has 20 heavy (non-hydrogen) atoms. The number of rotatable bonds is 3. The fraction of sp³-hybridized carbons (Fsp3) is 0.200. The van der Waals surface area contributed by atoms with Gasteiger partial charge in [-0.15, -0.1) is 0 Å². The zero-order valence-corrected chi connectivity index (χ0v) is 11.8. The number of pyridine rings is 1. The van der Waals surface area contributed by atoms with Crippen molar-refractivity contribution >= 4 is 17.3 Å². The second-order valence-corrected chi connectivity index (χ2v) is 4.79. The van der Waals surface area contributed by atoms with Gasteiger partial charge in [0.1, 0.15) is 0 Å². The molecule has 0 aliphatic carbocycles. The van der Waals surface area contributed by atoms with Gasteiger partial charge in [-0.25, -0.2) is 0 Å². The van der Waals surface area contributed by atoms with Crippen molar-refractivity contribution in [1.29, 1.82) is 0 Å². The molecule has 5 heteroatoms. The first-order chi connectivity index (χ1) is 9.51. The molecule has 1 aromatic heterocycles. The second kappa shape index (κ2) is 5.71. The molecule has 2 rings (SSSR count). The maximum Gasteiger partial charge on any atom is 0.259 e. The minimum Gasteiger partial charge on any atom is -0.323 e. The summed E-state index contributed by atoms with van der Waals surface area (Å²) in [6.07, 6.45) is 1.52. The summed E-state index contributed by atoms with van der Waals surface area (Å²) in [7, 11) is 0. The molecule has 0 aliphatic rings. The van der Waals surface area contributed by atoms with Crippen LogP contribution in [0, 0.1) is 20.8 Å². The number of amides is 1. The van der Waals surface area contributed by atoms with Gasteiger partial charge in [-0.1, -0.05) is 17.7 Å². The average molecular weight is 270 g/mol. The van der Waals surface area contributed by atoms with Crippen molar-refractivity contribution in [2.24, 2.45) is 5.84 Å². The molecule has 0 unspecified atom stereocenters. The number of carbonyl (C=O) groups excluding carboxylic acids is 1. The average Bonchev–Trinajstić information content (AvgIpc) is 2.41. The molecular weight excluding hydrogens is 252 g/mol. The van der Waals surface area contributed by atoms with Crippen LogP contribution in [0.3, 0.4) is 0 Å². The maximum absolute atomic E-state index is 12.3. The van der Waals surface area contributed by atoms with E-state index >= 15 is 0 Å². The summed E-state index contributed by atoms with van der Waals surface area (Å²) in [4.78, 5) is 16.4. The fourth-order valence-corrected chi connectivity index (χ4v) is 2.00. The predicted molar refractivity (Wildman–Crippen MR) is 80.7 cm³/mol. The van der Waals surface area contributed by atoms with Gasteiger partial charge in [0.2, 0.25) is 0 Å². The summed E-state index contributed by atoms with van der Waals surface area (Å²) >= 11 is 0. The van der Waals surface area contributed by atoms with E-state index in [1.54, 1.807) is 6.07 Å². The molecule has 0 aliphatic heterocycles. The molecule has 1 amide bonds.